The zero-order valence-electron chi connectivity index (χ0n) is 29.5. The van der Waals surface area contributed by atoms with Crippen molar-refractivity contribution in [2.24, 2.45) is 5.73 Å². The van der Waals surface area contributed by atoms with Crippen LogP contribution in [0.4, 0.5) is 0 Å². The second kappa shape index (κ2) is 20.8. The van der Waals surface area contributed by atoms with Gasteiger partial charge in [-0.15, -0.1) is 0 Å². The Hall–Kier alpha value is -2.07. The third-order valence-corrected chi connectivity index (χ3v) is 8.36. The van der Waals surface area contributed by atoms with Crippen LogP contribution in [0.3, 0.4) is 0 Å². The first-order chi connectivity index (χ1) is 23.1. The van der Waals surface area contributed by atoms with Gasteiger partial charge in [-0.05, 0) is 66.8 Å². The maximum Gasteiger partial charge on any atom is 1.00 e. The molecule has 6 rings (SSSR count). The smallest absolute Gasteiger partial charge is 0.612 e. The van der Waals surface area contributed by atoms with Crippen molar-refractivity contribution in [1.82, 2.24) is 20.3 Å². The molecule has 0 fully saturated rings. The summed E-state index contributed by atoms with van der Waals surface area (Å²) in [4.78, 5) is 33.1. The van der Waals surface area contributed by atoms with Crippen LogP contribution in [0, 0.1) is 6.39 Å². The molecular formula is C35H42Br2KN5O7. The standard InChI is InChI=1S/C18H21BrN2O3.C10H12BrNO.C6H9N2O.CO2.K/c1-18(2,3)17-20-16(21-24-17)14(22)9-11-5-4-8-23-15-10-12(19)6-7-13(11)15;11-7-3-4-8-9(12)2-1-5-13-10(8)6-7;1-6(2,3)5-8-7-4-9-5;2-1-3;/h6-7,10-11H,4-5,8-9H2,1-3H3;3-4,6,9H,1-2,5,12H2;1-3H3;;/q;;-1;;+1. The predicted octanol–water partition coefficient (Wildman–Crippen LogP) is 4.87. The van der Waals surface area contributed by atoms with Gasteiger partial charge in [0.25, 0.3) is 0 Å². The van der Waals surface area contributed by atoms with E-state index in [4.69, 9.17) is 33.7 Å². The van der Waals surface area contributed by atoms with Gasteiger partial charge in [0.2, 0.25) is 17.5 Å². The molecule has 2 aromatic heterocycles. The minimum Gasteiger partial charge on any atom is -0.612 e. The zero-order chi connectivity index (χ0) is 36.2. The van der Waals surface area contributed by atoms with Crippen LogP contribution in [0.1, 0.15) is 119 Å². The molecule has 0 saturated carbocycles. The van der Waals surface area contributed by atoms with E-state index < -0.39 is 0 Å². The SMILES string of the molecule is CC(C)(C)c1nc(C(=O)CC2CCCOc3cc(Br)ccc32)no1.CC(C)(C)c1nn[c-]o1.NC1CCCOc2cc(Br)ccc21.O=C=O.[K+]. The van der Waals surface area contributed by atoms with Crippen LogP contribution in [0.5, 0.6) is 11.5 Å². The van der Waals surface area contributed by atoms with Crippen molar-refractivity contribution in [2.45, 2.75) is 96.4 Å². The van der Waals surface area contributed by atoms with Crippen LogP contribution < -0.4 is 66.6 Å². The second-order valence-electron chi connectivity index (χ2n) is 13.5. The number of nitrogens with zero attached hydrogens (tertiary/aromatic N) is 4. The van der Waals surface area contributed by atoms with Crippen LogP contribution >= 0.6 is 31.9 Å². The maximum atomic E-state index is 12.6. The van der Waals surface area contributed by atoms with Crippen molar-refractivity contribution < 1.29 is 84.2 Å². The molecule has 50 heavy (non-hydrogen) atoms. The molecule has 0 radical (unpaired) electrons. The third kappa shape index (κ3) is 13.8. The molecule has 2 aliphatic rings. The number of fused-ring (bicyclic) bond motifs is 2. The summed E-state index contributed by atoms with van der Waals surface area (Å²) in [5.74, 6) is 3.09. The fourth-order valence-electron chi connectivity index (χ4n) is 4.84. The van der Waals surface area contributed by atoms with Gasteiger partial charge in [-0.1, -0.05) is 90.7 Å². The minimum atomic E-state index is -0.263. The summed E-state index contributed by atoms with van der Waals surface area (Å²) in [6, 6.07) is 12.1. The molecule has 264 valence electrons. The molecule has 0 aliphatic carbocycles. The minimum absolute atomic E-state index is 0. The van der Waals surface area contributed by atoms with E-state index in [0.29, 0.717) is 24.8 Å². The summed E-state index contributed by atoms with van der Waals surface area (Å²) in [6.45, 7) is 13.4. The van der Waals surface area contributed by atoms with E-state index in [1.807, 2.05) is 77.9 Å². The van der Waals surface area contributed by atoms with E-state index in [2.05, 4.69) is 58.6 Å². The molecule has 0 bridgehead atoms. The fraction of sp³-hybridized carbons (Fsp3) is 0.486. The number of carbonyl (C=O) groups is 1. The first-order valence-electron chi connectivity index (χ1n) is 15.8. The van der Waals surface area contributed by atoms with Crippen LogP contribution in [-0.2, 0) is 20.4 Å². The molecule has 2 N–H and O–H groups in total. The molecule has 2 unspecified atom stereocenters. The maximum absolute atomic E-state index is 12.6. The van der Waals surface area contributed by atoms with E-state index in [1.165, 1.54) is 0 Å². The summed E-state index contributed by atoms with van der Waals surface area (Å²) < 4.78 is 23.5. The third-order valence-electron chi connectivity index (χ3n) is 7.38. The molecule has 2 atom stereocenters. The van der Waals surface area contributed by atoms with Gasteiger partial charge in [0.05, 0.1) is 25.5 Å². The van der Waals surface area contributed by atoms with E-state index >= 15 is 0 Å². The van der Waals surface area contributed by atoms with Crippen LogP contribution in [0.25, 0.3) is 0 Å². The van der Waals surface area contributed by atoms with Gasteiger partial charge in [0.1, 0.15) is 11.5 Å². The summed E-state index contributed by atoms with van der Waals surface area (Å²) in [5.41, 5.74) is 7.89. The van der Waals surface area contributed by atoms with Crippen LogP contribution in [0.15, 0.2) is 54.3 Å². The Morgan fingerprint density at radius 2 is 1.44 bits per heavy atom. The van der Waals surface area contributed by atoms with Gasteiger partial charge in [-0.3, -0.25) is 4.79 Å². The van der Waals surface area contributed by atoms with Gasteiger partial charge in [0, 0.05) is 32.4 Å². The van der Waals surface area contributed by atoms with Crippen molar-refractivity contribution in [3.63, 3.8) is 0 Å². The topological polar surface area (TPSA) is 174 Å². The van der Waals surface area contributed by atoms with E-state index in [-0.39, 0.29) is 91.9 Å². The summed E-state index contributed by atoms with van der Waals surface area (Å²) >= 11 is 6.88. The van der Waals surface area contributed by atoms with Gasteiger partial charge in [-0.2, -0.15) is 14.6 Å². The number of aromatic nitrogens is 4. The number of halogens is 2. The monoisotopic (exact) mass is 841 g/mol. The van der Waals surface area contributed by atoms with Gasteiger partial charge >= 0.3 is 57.5 Å². The number of hydrogen-bond donors (Lipinski definition) is 1. The number of ether oxygens (including phenoxy) is 2. The van der Waals surface area contributed by atoms with Gasteiger partial charge < -0.3 is 24.1 Å². The van der Waals surface area contributed by atoms with Crippen LogP contribution in [-0.4, -0.2) is 45.5 Å². The molecule has 2 aliphatic heterocycles. The first-order valence-corrected chi connectivity index (χ1v) is 17.4. The van der Waals surface area contributed by atoms with Crippen molar-refractivity contribution >= 4 is 43.8 Å². The summed E-state index contributed by atoms with van der Waals surface area (Å²) in [7, 11) is 0. The Morgan fingerprint density at radius 3 is 1.94 bits per heavy atom. The number of Topliss-reactive ketones (excluding diaryl/α,β-unsaturated/α-hetero) is 1. The number of hydrogen-bond acceptors (Lipinski definition) is 12. The van der Waals surface area contributed by atoms with Crippen molar-refractivity contribution in [3.05, 3.63) is 80.5 Å². The molecule has 2 aromatic carbocycles. The molecule has 0 saturated heterocycles. The van der Waals surface area contributed by atoms with Crippen molar-refractivity contribution in [2.75, 3.05) is 13.2 Å². The average Bonchev–Trinajstić information content (AvgIpc) is 3.69. The molecule has 0 amide bonds. The predicted molar refractivity (Wildman–Crippen MR) is 186 cm³/mol. The Balaban J connectivity index is 0.000000279. The van der Waals surface area contributed by atoms with Crippen molar-refractivity contribution in [1.29, 1.82) is 0 Å². The van der Waals surface area contributed by atoms with E-state index in [9.17, 15) is 4.79 Å². The van der Waals surface area contributed by atoms with Crippen molar-refractivity contribution in [3.8, 4) is 11.5 Å². The fourth-order valence-corrected chi connectivity index (χ4v) is 5.52. The zero-order valence-corrected chi connectivity index (χ0v) is 35.8. The summed E-state index contributed by atoms with van der Waals surface area (Å²) in [6.07, 6.45) is 6.78. The Labute approximate surface area is 352 Å². The second-order valence-corrected chi connectivity index (χ2v) is 15.3. The Bertz CT molecular complexity index is 1680. The number of carbonyl (C=O) groups excluding carboxylic acids is 3. The molecular weight excluding hydrogens is 801 g/mol. The molecule has 12 nitrogen and oxygen atoms in total. The number of ketones is 1. The van der Waals surface area contributed by atoms with Crippen LogP contribution in [0.2, 0.25) is 0 Å². The number of benzene rings is 2. The quantitative estimate of drug-likeness (QED) is 0.169. The largest absolute Gasteiger partial charge is 1.00 e. The van der Waals surface area contributed by atoms with E-state index in [1.54, 1.807) is 0 Å². The Kier molecular flexibility index (Phi) is 18.4. The van der Waals surface area contributed by atoms with Gasteiger partial charge in [-0.25, -0.2) is 10.2 Å². The average molecular weight is 844 g/mol. The van der Waals surface area contributed by atoms with E-state index in [0.717, 1.165) is 63.9 Å². The molecule has 4 aromatic rings. The number of nitrogens with two attached hydrogens (primary N) is 1. The summed E-state index contributed by atoms with van der Waals surface area (Å²) in [5, 5.41) is 11.0. The first kappa shape index (κ1) is 44.1. The number of rotatable bonds is 3. The Morgan fingerprint density at radius 1 is 0.900 bits per heavy atom. The molecule has 0 spiro atoms. The molecule has 4 heterocycles. The normalized spacial score (nSPS) is 16.4. The molecule has 15 heteroatoms. The van der Waals surface area contributed by atoms with Gasteiger partial charge in [0.15, 0.2) is 0 Å².